The van der Waals surface area contributed by atoms with Gasteiger partial charge in [-0.1, -0.05) is 17.7 Å². The van der Waals surface area contributed by atoms with E-state index in [1.54, 1.807) is 0 Å². The number of morpholine rings is 1. The summed E-state index contributed by atoms with van der Waals surface area (Å²) >= 11 is 1.87. The molecule has 0 spiro atoms. The maximum Gasteiger partial charge on any atom is 0.191 e. The Morgan fingerprint density at radius 3 is 2.64 bits per heavy atom. The van der Waals surface area contributed by atoms with Gasteiger partial charge < -0.3 is 20.1 Å². The van der Waals surface area contributed by atoms with Gasteiger partial charge in [-0.3, -0.25) is 9.89 Å². The zero-order valence-corrected chi connectivity index (χ0v) is 18.0. The van der Waals surface area contributed by atoms with Gasteiger partial charge in [0, 0.05) is 62.4 Å². The fourth-order valence-corrected chi connectivity index (χ4v) is 4.52. The lowest BCUT2D eigenvalue weighted by Gasteiger charge is -2.37. The van der Waals surface area contributed by atoms with Gasteiger partial charge in [-0.05, 0) is 25.5 Å². The van der Waals surface area contributed by atoms with Crippen molar-refractivity contribution in [1.82, 2.24) is 15.5 Å². The average molecular weight is 407 g/mol. The lowest BCUT2D eigenvalue weighted by Crippen LogP contribution is -2.53. The number of guanidine groups is 1. The van der Waals surface area contributed by atoms with E-state index in [9.17, 15) is 0 Å². The topological polar surface area (TPSA) is 58.1 Å². The van der Waals surface area contributed by atoms with Gasteiger partial charge >= 0.3 is 0 Å². The second kappa shape index (κ2) is 11.7. The summed E-state index contributed by atoms with van der Waals surface area (Å²) in [4.78, 5) is 8.26. The lowest BCUT2D eigenvalue weighted by molar-refractivity contribution is 0.00247. The van der Waals surface area contributed by atoms with E-state index in [0.29, 0.717) is 12.0 Å². The third-order valence-electron chi connectivity index (χ3n) is 5.41. The van der Waals surface area contributed by atoms with Gasteiger partial charge in [-0.2, -0.15) is 0 Å². The predicted molar refractivity (Wildman–Crippen MR) is 116 cm³/mol. The highest BCUT2D eigenvalue weighted by Gasteiger charge is 2.31. The normalized spacial score (nSPS) is 22.2. The van der Waals surface area contributed by atoms with E-state index in [1.807, 2.05) is 18.8 Å². The maximum atomic E-state index is 5.66. The van der Waals surface area contributed by atoms with Crippen LogP contribution in [0.5, 0.6) is 0 Å². The van der Waals surface area contributed by atoms with Crippen molar-refractivity contribution in [1.29, 1.82) is 0 Å². The molecule has 2 heterocycles. The van der Waals surface area contributed by atoms with Crippen molar-refractivity contribution in [3.05, 3.63) is 29.8 Å². The van der Waals surface area contributed by atoms with Crippen molar-refractivity contribution in [2.45, 2.75) is 24.3 Å². The van der Waals surface area contributed by atoms with Crippen molar-refractivity contribution >= 4 is 17.7 Å². The SMILES string of the molecule is CN=C(NCCSc1ccc(C)cc1)NCC(C1CCOC1)N1CCOCC1. The fourth-order valence-electron chi connectivity index (χ4n) is 3.75. The largest absolute Gasteiger partial charge is 0.381 e. The molecule has 7 heteroatoms. The van der Waals surface area contributed by atoms with Crippen LogP contribution in [-0.2, 0) is 9.47 Å². The smallest absolute Gasteiger partial charge is 0.191 e. The Labute approximate surface area is 173 Å². The third kappa shape index (κ3) is 6.65. The third-order valence-corrected chi connectivity index (χ3v) is 6.42. The van der Waals surface area contributed by atoms with Gasteiger partial charge in [0.2, 0.25) is 0 Å². The van der Waals surface area contributed by atoms with Crippen molar-refractivity contribution in [2.75, 3.05) is 65.4 Å². The van der Waals surface area contributed by atoms with Crippen LogP contribution in [0, 0.1) is 12.8 Å². The van der Waals surface area contributed by atoms with Crippen molar-refractivity contribution in [3.63, 3.8) is 0 Å². The van der Waals surface area contributed by atoms with Crippen LogP contribution in [0.15, 0.2) is 34.2 Å². The number of nitrogens with one attached hydrogen (secondary N) is 2. The number of hydrogen-bond acceptors (Lipinski definition) is 5. The summed E-state index contributed by atoms with van der Waals surface area (Å²) in [6.45, 7) is 9.29. The molecule has 2 aliphatic rings. The summed E-state index contributed by atoms with van der Waals surface area (Å²) in [5.74, 6) is 2.47. The van der Waals surface area contributed by atoms with E-state index in [-0.39, 0.29) is 0 Å². The molecule has 156 valence electrons. The van der Waals surface area contributed by atoms with Gasteiger partial charge in [0.05, 0.1) is 19.8 Å². The molecule has 0 amide bonds. The molecule has 1 aromatic rings. The molecule has 0 bridgehead atoms. The molecule has 0 aromatic heterocycles. The molecule has 2 N–H and O–H groups in total. The van der Waals surface area contributed by atoms with Crippen LogP contribution >= 0.6 is 11.8 Å². The Morgan fingerprint density at radius 2 is 1.96 bits per heavy atom. The number of thioether (sulfide) groups is 1. The summed E-state index contributed by atoms with van der Waals surface area (Å²) in [5.41, 5.74) is 1.30. The van der Waals surface area contributed by atoms with Gasteiger partial charge in [0.25, 0.3) is 0 Å². The second-order valence-corrected chi connectivity index (χ2v) is 8.55. The first-order valence-electron chi connectivity index (χ1n) is 10.3. The minimum atomic E-state index is 0.465. The van der Waals surface area contributed by atoms with Crippen LogP contribution in [0.2, 0.25) is 0 Å². The molecule has 0 radical (unpaired) electrons. The molecule has 2 atom stereocenters. The van der Waals surface area contributed by atoms with Crippen LogP contribution in [-0.4, -0.2) is 82.3 Å². The first kappa shape index (κ1) is 21.4. The van der Waals surface area contributed by atoms with E-state index < -0.39 is 0 Å². The highest BCUT2D eigenvalue weighted by atomic mass is 32.2. The Balaban J connectivity index is 1.42. The molecule has 6 nitrogen and oxygen atoms in total. The number of benzene rings is 1. The van der Waals surface area contributed by atoms with Gasteiger partial charge in [0.1, 0.15) is 0 Å². The van der Waals surface area contributed by atoms with Crippen LogP contribution in [0.3, 0.4) is 0 Å². The summed E-state index contributed by atoms with van der Waals surface area (Å²) < 4.78 is 11.2. The molecule has 2 saturated heterocycles. The Bertz CT molecular complexity index is 599. The van der Waals surface area contributed by atoms with Crippen molar-refractivity contribution < 1.29 is 9.47 Å². The van der Waals surface area contributed by atoms with E-state index in [2.05, 4.69) is 51.7 Å². The first-order chi connectivity index (χ1) is 13.8. The highest BCUT2D eigenvalue weighted by molar-refractivity contribution is 7.99. The molecular formula is C21H34N4O2S. The molecular weight excluding hydrogens is 372 g/mol. The monoisotopic (exact) mass is 406 g/mol. The van der Waals surface area contributed by atoms with Crippen molar-refractivity contribution in [3.8, 4) is 0 Å². The zero-order chi connectivity index (χ0) is 19.6. The lowest BCUT2D eigenvalue weighted by atomic mass is 9.97. The second-order valence-electron chi connectivity index (χ2n) is 7.38. The van der Waals surface area contributed by atoms with Crippen LogP contribution < -0.4 is 10.6 Å². The summed E-state index contributed by atoms with van der Waals surface area (Å²) in [7, 11) is 1.84. The number of rotatable bonds is 8. The first-order valence-corrected chi connectivity index (χ1v) is 11.3. The quantitative estimate of drug-likeness (QED) is 0.298. The Kier molecular flexibility index (Phi) is 8.92. The average Bonchev–Trinajstić information content (AvgIpc) is 3.26. The summed E-state index contributed by atoms with van der Waals surface area (Å²) in [6, 6.07) is 9.16. The molecule has 2 fully saturated rings. The standard InChI is InChI=1S/C21H34N4O2S/c1-17-3-5-19(6-4-17)28-14-8-23-21(22-2)24-15-20(18-7-11-27-16-18)25-9-12-26-13-10-25/h3-6,18,20H,7-16H2,1-2H3,(H2,22,23,24). The van der Waals surface area contributed by atoms with Crippen LogP contribution in [0.25, 0.3) is 0 Å². The van der Waals surface area contributed by atoms with Gasteiger partial charge in [-0.15, -0.1) is 11.8 Å². The van der Waals surface area contributed by atoms with Crippen LogP contribution in [0.1, 0.15) is 12.0 Å². The minimum absolute atomic E-state index is 0.465. The Morgan fingerprint density at radius 1 is 1.18 bits per heavy atom. The zero-order valence-electron chi connectivity index (χ0n) is 17.2. The van der Waals surface area contributed by atoms with Gasteiger partial charge in [0.15, 0.2) is 5.96 Å². The summed E-state index contributed by atoms with van der Waals surface area (Å²) in [5, 5.41) is 6.98. The van der Waals surface area contributed by atoms with Gasteiger partial charge in [-0.25, -0.2) is 0 Å². The Hall–Kier alpha value is -1.28. The molecule has 1 aromatic carbocycles. The van der Waals surface area contributed by atoms with E-state index in [4.69, 9.17) is 9.47 Å². The van der Waals surface area contributed by atoms with Crippen molar-refractivity contribution in [2.24, 2.45) is 10.9 Å². The maximum absolute atomic E-state index is 5.66. The molecule has 28 heavy (non-hydrogen) atoms. The summed E-state index contributed by atoms with van der Waals surface area (Å²) in [6.07, 6.45) is 1.14. The fraction of sp³-hybridized carbons (Fsp3) is 0.667. The molecule has 2 unspecified atom stereocenters. The van der Waals surface area contributed by atoms with E-state index in [1.165, 1.54) is 10.5 Å². The molecule has 2 aliphatic heterocycles. The molecule has 3 rings (SSSR count). The van der Waals surface area contributed by atoms with E-state index >= 15 is 0 Å². The number of hydrogen-bond donors (Lipinski definition) is 2. The van der Waals surface area contributed by atoms with Crippen LogP contribution in [0.4, 0.5) is 0 Å². The number of aliphatic imine (C=N–C) groups is 1. The predicted octanol–water partition coefficient (Wildman–Crippen LogP) is 1.99. The minimum Gasteiger partial charge on any atom is -0.381 e. The number of ether oxygens (including phenoxy) is 2. The highest BCUT2D eigenvalue weighted by Crippen LogP contribution is 2.22. The molecule has 0 saturated carbocycles. The molecule has 0 aliphatic carbocycles. The van der Waals surface area contributed by atoms with E-state index in [0.717, 1.165) is 70.7 Å². The number of nitrogens with zero attached hydrogens (tertiary/aromatic N) is 2. The number of aryl methyl sites for hydroxylation is 1.